The van der Waals surface area contributed by atoms with Gasteiger partial charge in [0, 0.05) is 26.0 Å². The van der Waals surface area contributed by atoms with Crippen LogP contribution in [0.2, 0.25) is 0 Å². The second-order valence-electron chi connectivity index (χ2n) is 5.46. The summed E-state index contributed by atoms with van der Waals surface area (Å²) in [5, 5.41) is 14.6. The van der Waals surface area contributed by atoms with Crippen molar-refractivity contribution < 1.29 is 14.6 Å². The fourth-order valence-corrected chi connectivity index (χ4v) is 2.61. The van der Waals surface area contributed by atoms with E-state index in [0.717, 1.165) is 35.5 Å². The number of anilines is 2. The average molecular weight is 419 g/mol. The molecule has 0 aliphatic rings. The van der Waals surface area contributed by atoms with Crippen molar-refractivity contribution in [3.05, 3.63) is 60.4 Å². The molecule has 0 saturated carbocycles. The van der Waals surface area contributed by atoms with Crippen LogP contribution in [0.25, 0.3) is 5.69 Å². The van der Waals surface area contributed by atoms with E-state index >= 15 is 0 Å². The predicted octanol–water partition coefficient (Wildman–Crippen LogP) is 3.63. The molecule has 3 rings (SSSR count). The molecule has 7 nitrogen and oxygen atoms in total. The van der Waals surface area contributed by atoms with Crippen molar-refractivity contribution in [2.24, 2.45) is 0 Å². The molecule has 0 saturated heterocycles. The summed E-state index contributed by atoms with van der Waals surface area (Å²) in [5.41, 5.74) is 9.74. The molecular weight excluding hydrogens is 388 g/mol. The first-order valence-electron chi connectivity index (χ1n) is 9.04. The highest BCUT2D eigenvalue weighted by atomic mass is 32.1. The maximum absolute atomic E-state index is 7.00. The van der Waals surface area contributed by atoms with Crippen LogP contribution in [0, 0.1) is 0 Å². The van der Waals surface area contributed by atoms with Gasteiger partial charge in [0.1, 0.15) is 0 Å². The van der Waals surface area contributed by atoms with E-state index in [0.29, 0.717) is 18.8 Å². The molecule has 0 spiro atoms. The molecule has 1 heterocycles. The van der Waals surface area contributed by atoms with Gasteiger partial charge in [-0.1, -0.05) is 12.1 Å². The Balaban J connectivity index is 0.000000989. The van der Waals surface area contributed by atoms with Crippen molar-refractivity contribution in [2.75, 3.05) is 38.1 Å². The summed E-state index contributed by atoms with van der Waals surface area (Å²) < 4.78 is 12.7. The van der Waals surface area contributed by atoms with E-state index in [1.807, 2.05) is 55.6 Å². The van der Waals surface area contributed by atoms with Crippen molar-refractivity contribution in [1.29, 1.82) is 0 Å². The van der Waals surface area contributed by atoms with Crippen LogP contribution in [0.1, 0.15) is 12.5 Å². The molecule has 8 heteroatoms. The van der Waals surface area contributed by atoms with Gasteiger partial charge in [-0.15, -0.1) is 0 Å². The number of nitrogens with zero attached hydrogens (tertiary/aromatic N) is 2. The molecule has 0 aliphatic carbocycles. The number of methoxy groups -OCH3 is 1. The van der Waals surface area contributed by atoms with Gasteiger partial charge >= 0.3 is 0 Å². The number of hydrogen-bond acceptors (Lipinski definition) is 7. The maximum atomic E-state index is 7.00. The molecule has 0 radical (unpaired) electrons. The number of nitrogen functional groups attached to an aromatic ring is 1. The summed E-state index contributed by atoms with van der Waals surface area (Å²) in [6.45, 7) is 3.16. The van der Waals surface area contributed by atoms with Gasteiger partial charge in [0.2, 0.25) is 0 Å². The zero-order valence-corrected chi connectivity index (χ0v) is 18.2. The number of aliphatic hydroxyl groups excluding tert-OH is 1. The van der Waals surface area contributed by atoms with Crippen LogP contribution >= 0.6 is 12.6 Å². The number of para-hydroxylation sites is 1. The largest absolute Gasteiger partial charge is 0.493 e. The maximum Gasteiger partial charge on any atom is 0.161 e. The zero-order valence-electron chi connectivity index (χ0n) is 17.3. The molecule has 0 fully saturated rings. The summed E-state index contributed by atoms with van der Waals surface area (Å²) in [6, 6.07) is 13.6. The van der Waals surface area contributed by atoms with Crippen LogP contribution in [-0.4, -0.2) is 42.0 Å². The third kappa shape index (κ3) is 6.62. The van der Waals surface area contributed by atoms with Gasteiger partial charge in [-0.25, -0.2) is 4.68 Å². The van der Waals surface area contributed by atoms with E-state index < -0.39 is 0 Å². The molecule has 1 aromatic heterocycles. The van der Waals surface area contributed by atoms with Gasteiger partial charge in [0.15, 0.2) is 11.5 Å². The lowest BCUT2D eigenvalue weighted by atomic mass is 10.1. The zero-order chi connectivity index (χ0) is 21.6. The van der Waals surface area contributed by atoms with Crippen molar-refractivity contribution in [3.63, 3.8) is 0 Å². The van der Waals surface area contributed by atoms with Crippen molar-refractivity contribution >= 4 is 24.0 Å². The number of aromatic nitrogens is 2. The Kier molecular flexibility index (Phi) is 11.1. The highest BCUT2D eigenvalue weighted by molar-refractivity contribution is 7.79. The topological polar surface area (TPSA) is 94.6 Å². The van der Waals surface area contributed by atoms with Crippen LogP contribution in [-0.2, 0) is 6.54 Å². The van der Waals surface area contributed by atoms with Crippen LogP contribution in [0.15, 0.2) is 54.9 Å². The first-order valence-corrected chi connectivity index (χ1v) is 9.94. The van der Waals surface area contributed by atoms with Crippen LogP contribution in [0.3, 0.4) is 0 Å². The number of nitrogens with one attached hydrogen (secondary N) is 1. The summed E-state index contributed by atoms with van der Waals surface area (Å²) in [7, 11) is 2.64. The average Bonchev–Trinajstić information content (AvgIpc) is 3.31. The van der Waals surface area contributed by atoms with Crippen molar-refractivity contribution in [2.45, 2.75) is 13.5 Å². The lowest BCUT2D eigenvalue weighted by Gasteiger charge is -2.14. The molecule has 4 N–H and O–H groups in total. The summed E-state index contributed by atoms with van der Waals surface area (Å²) in [6.07, 6.45) is 5.29. The summed E-state index contributed by atoms with van der Waals surface area (Å²) >= 11 is 3.53. The minimum absolute atomic E-state index is 0.589. The molecule has 3 aromatic rings. The van der Waals surface area contributed by atoms with Gasteiger partial charge < -0.3 is 25.6 Å². The third-order valence-corrected chi connectivity index (χ3v) is 3.85. The minimum atomic E-state index is 0.589. The lowest BCUT2D eigenvalue weighted by Crippen LogP contribution is -2.07. The molecule has 0 aliphatic heterocycles. The van der Waals surface area contributed by atoms with E-state index in [-0.39, 0.29) is 0 Å². The standard InChI is InChI=1S/C19H22N4O2.CH4O.CH4S/c1-3-25-18-12-14(8-9-17(18)24-2)13-21-15-6-4-7-16(19(15)20)23-11-5-10-22-23;2*1-2/h4-12,21H,3,13,20H2,1-2H3;2*2H,1H3. The van der Waals surface area contributed by atoms with Crippen LogP contribution in [0.5, 0.6) is 11.5 Å². The minimum Gasteiger partial charge on any atom is -0.493 e. The second kappa shape index (κ2) is 13.4. The molecule has 0 bridgehead atoms. The number of thiol groups is 1. The van der Waals surface area contributed by atoms with Gasteiger partial charge in [-0.05, 0) is 49.1 Å². The summed E-state index contributed by atoms with van der Waals surface area (Å²) in [4.78, 5) is 0. The number of benzene rings is 2. The van der Waals surface area contributed by atoms with Gasteiger partial charge in [-0.3, -0.25) is 0 Å². The van der Waals surface area contributed by atoms with E-state index in [9.17, 15) is 0 Å². The highest BCUT2D eigenvalue weighted by Gasteiger charge is 2.08. The highest BCUT2D eigenvalue weighted by Crippen LogP contribution is 2.29. The Morgan fingerprint density at radius 1 is 1.14 bits per heavy atom. The number of ether oxygens (including phenoxy) is 2. The quantitative estimate of drug-likeness (QED) is 0.346. The van der Waals surface area contributed by atoms with Crippen LogP contribution < -0.4 is 20.5 Å². The smallest absolute Gasteiger partial charge is 0.161 e. The molecule has 0 unspecified atom stereocenters. The number of rotatable bonds is 7. The van der Waals surface area contributed by atoms with Crippen LogP contribution in [0.4, 0.5) is 11.4 Å². The normalized spacial score (nSPS) is 9.45. The van der Waals surface area contributed by atoms with E-state index in [1.54, 1.807) is 24.2 Å². The van der Waals surface area contributed by atoms with Crippen molar-refractivity contribution in [3.8, 4) is 17.2 Å². The van der Waals surface area contributed by atoms with Gasteiger partial charge in [0.25, 0.3) is 0 Å². The number of aliphatic hydroxyl groups is 1. The lowest BCUT2D eigenvalue weighted by molar-refractivity contribution is 0.310. The van der Waals surface area contributed by atoms with E-state index in [1.165, 1.54) is 0 Å². The predicted molar refractivity (Wildman–Crippen MR) is 123 cm³/mol. The fraction of sp³-hybridized carbons (Fsp3) is 0.286. The fourth-order valence-electron chi connectivity index (χ4n) is 2.61. The Hall–Kier alpha value is -2.84. The second-order valence-corrected chi connectivity index (χ2v) is 5.46. The molecule has 2 aromatic carbocycles. The Labute approximate surface area is 177 Å². The van der Waals surface area contributed by atoms with Gasteiger partial charge in [0.05, 0.1) is 30.8 Å². The molecule has 29 heavy (non-hydrogen) atoms. The van der Waals surface area contributed by atoms with Crippen molar-refractivity contribution in [1.82, 2.24) is 9.78 Å². The Bertz CT molecular complexity index is 842. The first-order chi connectivity index (χ1) is 14.2. The SMILES string of the molecule is CCOc1cc(CNc2cccc(-n3cccn3)c2N)ccc1OC.CO.CS. The molecule has 158 valence electrons. The Morgan fingerprint density at radius 3 is 2.52 bits per heavy atom. The number of nitrogens with two attached hydrogens (primary N) is 1. The molecular formula is C21H30N4O3S. The van der Waals surface area contributed by atoms with E-state index in [2.05, 4.69) is 23.0 Å². The molecule has 0 amide bonds. The van der Waals surface area contributed by atoms with E-state index in [4.69, 9.17) is 20.3 Å². The number of hydrogen-bond donors (Lipinski definition) is 4. The van der Waals surface area contributed by atoms with Gasteiger partial charge in [-0.2, -0.15) is 17.7 Å². The monoisotopic (exact) mass is 418 g/mol. The molecule has 0 atom stereocenters. The third-order valence-electron chi connectivity index (χ3n) is 3.85. The summed E-state index contributed by atoms with van der Waals surface area (Å²) in [5.74, 6) is 1.47. The Morgan fingerprint density at radius 2 is 1.90 bits per heavy atom. The first kappa shape index (κ1) is 24.2.